The minimum Gasteiger partial charge on any atom is -0.490 e. The van der Waals surface area contributed by atoms with Gasteiger partial charge in [0.15, 0.2) is 11.5 Å². The van der Waals surface area contributed by atoms with Gasteiger partial charge >= 0.3 is 5.97 Å². The molecule has 0 saturated carbocycles. The van der Waals surface area contributed by atoms with E-state index in [0.717, 1.165) is 5.56 Å². The number of hydrogen-bond donors (Lipinski definition) is 1. The molecule has 0 saturated heterocycles. The van der Waals surface area contributed by atoms with Gasteiger partial charge in [0.25, 0.3) is 0 Å². The standard InChI is InChI=1S/C25H20FNO4/c1-2-30-24-14-17(6-11-23(24)31-16-18-4-3-5-22(26)13-18)12-21(15-27)19-7-9-20(10-8-19)25(28)29/h3-14H,2,16H2,1H3,(H,28,29)/b21-12+. The molecule has 0 aromatic heterocycles. The quantitative estimate of drug-likeness (QED) is 0.383. The van der Waals surface area contributed by atoms with E-state index >= 15 is 0 Å². The van der Waals surface area contributed by atoms with E-state index < -0.39 is 5.97 Å². The van der Waals surface area contributed by atoms with Crippen molar-refractivity contribution < 1.29 is 23.8 Å². The lowest BCUT2D eigenvalue weighted by atomic mass is 10.0. The first-order valence-electron chi connectivity index (χ1n) is 9.59. The van der Waals surface area contributed by atoms with Crippen LogP contribution in [0.3, 0.4) is 0 Å². The number of carbonyl (C=O) groups is 1. The summed E-state index contributed by atoms with van der Waals surface area (Å²) >= 11 is 0. The second-order valence-corrected chi connectivity index (χ2v) is 6.61. The van der Waals surface area contributed by atoms with Crippen molar-refractivity contribution >= 4 is 17.6 Å². The van der Waals surface area contributed by atoms with Crippen molar-refractivity contribution in [1.29, 1.82) is 5.26 Å². The molecule has 3 aromatic carbocycles. The first-order valence-corrected chi connectivity index (χ1v) is 9.59. The van der Waals surface area contributed by atoms with E-state index in [1.54, 1.807) is 48.5 Å². The molecular weight excluding hydrogens is 397 g/mol. The molecule has 0 heterocycles. The predicted molar refractivity (Wildman–Crippen MR) is 115 cm³/mol. The summed E-state index contributed by atoms with van der Waals surface area (Å²) in [5.74, 6) is -0.338. The lowest BCUT2D eigenvalue weighted by molar-refractivity contribution is 0.0697. The zero-order valence-corrected chi connectivity index (χ0v) is 16.8. The monoisotopic (exact) mass is 417 g/mol. The largest absolute Gasteiger partial charge is 0.490 e. The Morgan fingerprint density at radius 3 is 2.42 bits per heavy atom. The van der Waals surface area contributed by atoms with Crippen molar-refractivity contribution in [3.8, 4) is 17.6 Å². The molecular formula is C25H20FNO4. The molecule has 0 fully saturated rings. The summed E-state index contributed by atoms with van der Waals surface area (Å²) in [6, 6.07) is 19.7. The molecule has 6 heteroatoms. The summed E-state index contributed by atoms with van der Waals surface area (Å²) in [4.78, 5) is 11.0. The van der Waals surface area contributed by atoms with Crippen LogP contribution in [-0.4, -0.2) is 17.7 Å². The van der Waals surface area contributed by atoms with Crippen LogP contribution >= 0.6 is 0 Å². The summed E-state index contributed by atoms with van der Waals surface area (Å²) in [6.45, 7) is 2.46. The minimum atomic E-state index is -1.02. The van der Waals surface area contributed by atoms with Crippen molar-refractivity contribution in [1.82, 2.24) is 0 Å². The number of allylic oxidation sites excluding steroid dienone is 1. The zero-order chi connectivity index (χ0) is 22.2. The molecule has 0 radical (unpaired) electrons. The third-order valence-electron chi connectivity index (χ3n) is 4.43. The van der Waals surface area contributed by atoms with E-state index in [-0.39, 0.29) is 18.0 Å². The Morgan fingerprint density at radius 2 is 1.77 bits per heavy atom. The van der Waals surface area contributed by atoms with Crippen LogP contribution in [0.15, 0.2) is 66.7 Å². The number of rotatable bonds is 8. The highest BCUT2D eigenvalue weighted by Crippen LogP contribution is 2.31. The molecule has 156 valence electrons. The molecule has 1 N–H and O–H groups in total. The molecule has 0 aliphatic carbocycles. The molecule has 5 nitrogen and oxygen atoms in total. The van der Waals surface area contributed by atoms with Crippen LogP contribution in [0.4, 0.5) is 4.39 Å². The summed E-state index contributed by atoms with van der Waals surface area (Å²) in [5.41, 5.74) is 2.56. The average molecular weight is 417 g/mol. The maximum absolute atomic E-state index is 13.4. The molecule has 31 heavy (non-hydrogen) atoms. The van der Waals surface area contributed by atoms with Crippen LogP contribution in [0, 0.1) is 17.1 Å². The summed E-state index contributed by atoms with van der Waals surface area (Å²) in [5, 5.41) is 18.6. The molecule has 0 amide bonds. The highest BCUT2D eigenvalue weighted by atomic mass is 19.1. The van der Waals surface area contributed by atoms with E-state index in [4.69, 9.17) is 14.6 Å². The van der Waals surface area contributed by atoms with E-state index in [1.807, 2.05) is 6.92 Å². The number of nitriles is 1. The number of aromatic carboxylic acids is 1. The lowest BCUT2D eigenvalue weighted by Crippen LogP contribution is -2.00. The first-order chi connectivity index (χ1) is 15.0. The number of carboxylic acid groups (broad SMARTS) is 1. The SMILES string of the molecule is CCOc1cc(/C=C(\C#N)c2ccc(C(=O)O)cc2)ccc1OCc1cccc(F)c1. The Kier molecular flexibility index (Phi) is 7.02. The van der Waals surface area contributed by atoms with Gasteiger partial charge in [0, 0.05) is 0 Å². The molecule has 0 aliphatic rings. The molecule has 0 unspecified atom stereocenters. The third-order valence-corrected chi connectivity index (χ3v) is 4.43. The topological polar surface area (TPSA) is 79.5 Å². The Morgan fingerprint density at radius 1 is 1.03 bits per heavy atom. The first kappa shape index (κ1) is 21.6. The Hall–Kier alpha value is -4.11. The fraction of sp³-hybridized carbons (Fsp3) is 0.120. The fourth-order valence-electron chi connectivity index (χ4n) is 2.93. The fourth-order valence-corrected chi connectivity index (χ4v) is 2.93. The van der Waals surface area contributed by atoms with Crippen molar-refractivity contribution in [3.05, 3.63) is 94.8 Å². The average Bonchev–Trinajstić information content (AvgIpc) is 2.77. The molecule has 0 aliphatic heterocycles. The smallest absolute Gasteiger partial charge is 0.335 e. The van der Waals surface area contributed by atoms with Crippen LogP contribution in [0.1, 0.15) is 34.0 Å². The maximum atomic E-state index is 13.4. The third kappa shape index (κ3) is 5.71. The Balaban J connectivity index is 1.84. The molecule has 0 bridgehead atoms. The van der Waals surface area contributed by atoms with Gasteiger partial charge in [-0.25, -0.2) is 9.18 Å². The van der Waals surface area contributed by atoms with Gasteiger partial charge < -0.3 is 14.6 Å². The molecule has 3 aromatic rings. The van der Waals surface area contributed by atoms with Crippen molar-refractivity contribution in [2.45, 2.75) is 13.5 Å². The van der Waals surface area contributed by atoms with E-state index in [1.165, 1.54) is 24.3 Å². The molecule has 0 atom stereocenters. The highest BCUT2D eigenvalue weighted by molar-refractivity contribution is 5.92. The normalized spacial score (nSPS) is 10.9. The number of benzene rings is 3. The van der Waals surface area contributed by atoms with Gasteiger partial charge in [0.05, 0.1) is 23.8 Å². The number of ether oxygens (including phenoxy) is 2. The van der Waals surface area contributed by atoms with Crippen molar-refractivity contribution in [2.75, 3.05) is 6.61 Å². The van der Waals surface area contributed by atoms with Crippen LogP contribution in [0.2, 0.25) is 0 Å². The minimum absolute atomic E-state index is 0.152. The highest BCUT2D eigenvalue weighted by Gasteiger charge is 2.09. The second kappa shape index (κ2) is 10.1. The van der Waals surface area contributed by atoms with Gasteiger partial charge in [-0.1, -0.05) is 30.3 Å². The van der Waals surface area contributed by atoms with Crippen LogP contribution < -0.4 is 9.47 Å². The van der Waals surface area contributed by atoms with E-state index in [0.29, 0.717) is 34.8 Å². The predicted octanol–water partition coefficient (Wildman–Crippen LogP) is 5.57. The van der Waals surface area contributed by atoms with Gasteiger partial charge in [0.1, 0.15) is 12.4 Å². The number of nitrogens with zero attached hydrogens (tertiary/aromatic N) is 1. The van der Waals surface area contributed by atoms with Crippen molar-refractivity contribution in [2.24, 2.45) is 0 Å². The lowest BCUT2D eigenvalue weighted by Gasteiger charge is -2.13. The molecule has 3 rings (SSSR count). The number of hydrogen-bond acceptors (Lipinski definition) is 4. The van der Waals surface area contributed by atoms with Gasteiger partial charge in [-0.2, -0.15) is 5.26 Å². The summed E-state index contributed by atoms with van der Waals surface area (Å²) in [7, 11) is 0. The Labute approximate surface area is 179 Å². The van der Waals surface area contributed by atoms with Gasteiger partial charge in [0.2, 0.25) is 0 Å². The number of halogens is 1. The molecule has 0 spiro atoms. The number of carboxylic acids is 1. The summed E-state index contributed by atoms with van der Waals surface area (Å²) in [6.07, 6.45) is 1.69. The van der Waals surface area contributed by atoms with Crippen LogP contribution in [0.5, 0.6) is 11.5 Å². The second-order valence-electron chi connectivity index (χ2n) is 6.61. The maximum Gasteiger partial charge on any atom is 0.335 e. The van der Waals surface area contributed by atoms with Crippen molar-refractivity contribution in [3.63, 3.8) is 0 Å². The van der Waals surface area contributed by atoms with Gasteiger partial charge in [-0.3, -0.25) is 0 Å². The van der Waals surface area contributed by atoms with Gasteiger partial charge in [-0.15, -0.1) is 0 Å². The van der Waals surface area contributed by atoms with Crippen LogP contribution in [0.25, 0.3) is 11.6 Å². The van der Waals surface area contributed by atoms with E-state index in [2.05, 4.69) is 6.07 Å². The van der Waals surface area contributed by atoms with Crippen LogP contribution in [-0.2, 0) is 6.61 Å². The van der Waals surface area contributed by atoms with E-state index in [9.17, 15) is 14.4 Å². The zero-order valence-electron chi connectivity index (χ0n) is 16.8. The van der Waals surface area contributed by atoms with Gasteiger partial charge in [-0.05, 0) is 66.1 Å². The summed E-state index contributed by atoms with van der Waals surface area (Å²) < 4.78 is 24.8. The Bertz CT molecular complexity index is 1150.